The molecule has 0 radical (unpaired) electrons. The lowest BCUT2D eigenvalue weighted by Crippen LogP contribution is -2.37. The summed E-state index contributed by atoms with van der Waals surface area (Å²) in [6.45, 7) is 4.88. The monoisotopic (exact) mass is 353 g/mol. The van der Waals surface area contributed by atoms with E-state index in [1.54, 1.807) is 24.0 Å². The summed E-state index contributed by atoms with van der Waals surface area (Å²) >= 11 is 0. The van der Waals surface area contributed by atoms with E-state index in [4.69, 9.17) is 0 Å². The fraction of sp³-hybridized carbons (Fsp3) is 0.500. The molecule has 1 fully saturated rings. The second-order valence-electron chi connectivity index (χ2n) is 5.70. The van der Waals surface area contributed by atoms with Crippen molar-refractivity contribution in [3.05, 3.63) is 24.3 Å². The standard InChI is InChI=1S/C16H23N3O4S/c1-3-16(21)18-9-4-10-19(12-11-18)24(22,23)15-7-5-14(6-8-15)17-13(2)20/h5-8H,3-4,9-12H2,1-2H3,(H,17,20). The van der Waals surface area contributed by atoms with Crippen LogP contribution in [-0.2, 0) is 19.6 Å². The summed E-state index contributed by atoms with van der Waals surface area (Å²) in [4.78, 5) is 24.7. The van der Waals surface area contributed by atoms with Gasteiger partial charge in [-0.05, 0) is 30.7 Å². The number of rotatable bonds is 4. The van der Waals surface area contributed by atoms with Crippen LogP contribution in [0.3, 0.4) is 0 Å². The molecule has 7 nitrogen and oxygen atoms in total. The summed E-state index contributed by atoms with van der Waals surface area (Å²) in [6.07, 6.45) is 1.05. The zero-order valence-corrected chi connectivity index (χ0v) is 14.8. The van der Waals surface area contributed by atoms with Crippen LogP contribution in [0.1, 0.15) is 26.7 Å². The third kappa shape index (κ3) is 4.33. The van der Waals surface area contributed by atoms with Gasteiger partial charge in [0.1, 0.15) is 0 Å². The number of nitrogens with zero attached hydrogens (tertiary/aromatic N) is 2. The highest BCUT2D eigenvalue weighted by atomic mass is 32.2. The van der Waals surface area contributed by atoms with Crippen LogP contribution < -0.4 is 5.32 Å². The molecule has 0 aliphatic carbocycles. The van der Waals surface area contributed by atoms with Gasteiger partial charge in [0, 0.05) is 45.2 Å². The van der Waals surface area contributed by atoms with E-state index in [1.165, 1.54) is 23.4 Å². The molecule has 0 unspecified atom stereocenters. The van der Waals surface area contributed by atoms with Gasteiger partial charge >= 0.3 is 0 Å². The molecule has 1 saturated heterocycles. The van der Waals surface area contributed by atoms with Crippen molar-refractivity contribution in [3.63, 3.8) is 0 Å². The van der Waals surface area contributed by atoms with Crippen molar-refractivity contribution in [3.8, 4) is 0 Å². The first-order valence-electron chi connectivity index (χ1n) is 8.00. The SMILES string of the molecule is CCC(=O)N1CCCN(S(=O)(=O)c2ccc(NC(C)=O)cc2)CC1. The number of carbonyl (C=O) groups excluding carboxylic acids is 2. The highest BCUT2D eigenvalue weighted by Crippen LogP contribution is 2.20. The van der Waals surface area contributed by atoms with Gasteiger partial charge in [-0.25, -0.2) is 8.42 Å². The molecule has 1 aliphatic rings. The lowest BCUT2D eigenvalue weighted by Gasteiger charge is -2.21. The molecule has 1 N–H and O–H groups in total. The molecule has 0 spiro atoms. The molecule has 0 atom stereocenters. The van der Waals surface area contributed by atoms with Crippen LogP contribution in [0.15, 0.2) is 29.2 Å². The van der Waals surface area contributed by atoms with Crippen LogP contribution >= 0.6 is 0 Å². The second kappa shape index (κ2) is 7.76. The van der Waals surface area contributed by atoms with Gasteiger partial charge in [0.2, 0.25) is 21.8 Å². The van der Waals surface area contributed by atoms with Crippen molar-refractivity contribution in [1.82, 2.24) is 9.21 Å². The van der Waals surface area contributed by atoms with Crippen LogP contribution in [0.4, 0.5) is 5.69 Å². The van der Waals surface area contributed by atoms with Gasteiger partial charge < -0.3 is 10.2 Å². The van der Waals surface area contributed by atoms with E-state index in [0.717, 1.165) is 0 Å². The van der Waals surface area contributed by atoms with E-state index >= 15 is 0 Å². The van der Waals surface area contributed by atoms with Gasteiger partial charge in [-0.15, -0.1) is 0 Å². The lowest BCUT2D eigenvalue weighted by molar-refractivity contribution is -0.130. The highest BCUT2D eigenvalue weighted by Gasteiger charge is 2.27. The molecule has 132 valence electrons. The molecule has 1 aromatic rings. The number of carbonyl (C=O) groups is 2. The van der Waals surface area contributed by atoms with E-state index in [2.05, 4.69) is 5.32 Å². The van der Waals surface area contributed by atoms with Gasteiger partial charge in [0.15, 0.2) is 0 Å². The molecule has 2 amide bonds. The predicted octanol–water partition coefficient (Wildman–Crippen LogP) is 1.28. The Morgan fingerprint density at radius 3 is 2.33 bits per heavy atom. The highest BCUT2D eigenvalue weighted by molar-refractivity contribution is 7.89. The maximum absolute atomic E-state index is 12.8. The zero-order chi connectivity index (χ0) is 17.7. The van der Waals surface area contributed by atoms with Gasteiger partial charge in [0.05, 0.1) is 4.90 Å². The van der Waals surface area contributed by atoms with Crippen molar-refractivity contribution in [1.29, 1.82) is 0 Å². The lowest BCUT2D eigenvalue weighted by atomic mass is 10.3. The smallest absolute Gasteiger partial charge is 0.243 e. The van der Waals surface area contributed by atoms with Crippen LogP contribution in [-0.4, -0.2) is 55.6 Å². The van der Waals surface area contributed by atoms with Gasteiger partial charge in [-0.1, -0.05) is 6.92 Å². The van der Waals surface area contributed by atoms with Crippen molar-refractivity contribution >= 4 is 27.5 Å². The van der Waals surface area contributed by atoms with E-state index < -0.39 is 10.0 Å². The van der Waals surface area contributed by atoms with Gasteiger partial charge in [-0.2, -0.15) is 4.31 Å². The average molecular weight is 353 g/mol. The predicted molar refractivity (Wildman–Crippen MR) is 91.0 cm³/mol. The van der Waals surface area contributed by atoms with E-state index in [9.17, 15) is 18.0 Å². The normalized spacial score (nSPS) is 16.5. The first-order valence-corrected chi connectivity index (χ1v) is 9.44. The van der Waals surface area contributed by atoms with E-state index in [1.807, 2.05) is 0 Å². The maximum Gasteiger partial charge on any atom is 0.243 e. The van der Waals surface area contributed by atoms with Crippen LogP contribution in [0, 0.1) is 0 Å². The Bertz CT molecular complexity index is 701. The summed E-state index contributed by atoms with van der Waals surface area (Å²) in [5, 5.41) is 2.61. The molecule has 24 heavy (non-hydrogen) atoms. The Morgan fingerprint density at radius 2 is 1.75 bits per heavy atom. The van der Waals surface area contributed by atoms with Gasteiger partial charge in [0.25, 0.3) is 0 Å². The summed E-state index contributed by atoms with van der Waals surface area (Å²) in [6, 6.07) is 6.11. The van der Waals surface area contributed by atoms with E-state index in [0.29, 0.717) is 44.7 Å². The summed E-state index contributed by atoms with van der Waals surface area (Å²) < 4.78 is 26.9. The van der Waals surface area contributed by atoms with Crippen LogP contribution in [0.5, 0.6) is 0 Å². The Labute approximate surface area is 142 Å². The average Bonchev–Trinajstić information content (AvgIpc) is 2.80. The third-order valence-corrected chi connectivity index (χ3v) is 5.84. The molecule has 8 heteroatoms. The number of hydrogen-bond acceptors (Lipinski definition) is 4. The number of hydrogen-bond donors (Lipinski definition) is 1. The third-order valence-electron chi connectivity index (χ3n) is 3.92. The number of nitrogens with one attached hydrogen (secondary N) is 1. The Morgan fingerprint density at radius 1 is 1.08 bits per heavy atom. The van der Waals surface area contributed by atoms with Crippen molar-refractivity contribution < 1.29 is 18.0 Å². The number of benzene rings is 1. The van der Waals surface area contributed by atoms with Crippen LogP contribution in [0.25, 0.3) is 0 Å². The first-order chi connectivity index (χ1) is 11.3. The Kier molecular flexibility index (Phi) is 5.95. The van der Waals surface area contributed by atoms with Crippen molar-refractivity contribution in [2.24, 2.45) is 0 Å². The van der Waals surface area contributed by atoms with Crippen molar-refractivity contribution in [2.75, 3.05) is 31.5 Å². The molecular weight excluding hydrogens is 330 g/mol. The van der Waals surface area contributed by atoms with E-state index in [-0.39, 0.29) is 16.7 Å². The Balaban J connectivity index is 2.12. The molecular formula is C16H23N3O4S. The number of amides is 2. The fourth-order valence-corrected chi connectivity index (χ4v) is 4.14. The minimum absolute atomic E-state index is 0.0499. The second-order valence-corrected chi connectivity index (χ2v) is 7.64. The molecule has 0 saturated carbocycles. The summed E-state index contributed by atoms with van der Waals surface area (Å²) in [5.41, 5.74) is 0.553. The molecule has 1 aromatic carbocycles. The first kappa shape index (κ1) is 18.4. The molecule has 0 bridgehead atoms. The van der Waals surface area contributed by atoms with Gasteiger partial charge in [-0.3, -0.25) is 9.59 Å². The fourth-order valence-electron chi connectivity index (χ4n) is 2.67. The molecule has 0 aromatic heterocycles. The molecule has 2 rings (SSSR count). The molecule has 1 heterocycles. The minimum atomic E-state index is -3.60. The van der Waals surface area contributed by atoms with Crippen molar-refractivity contribution in [2.45, 2.75) is 31.6 Å². The topological polar surface area (TPSA) is 86.8 Å². The quantitative estimate of drug-likeness (QED) is 0.883. The largest absolute Gasteiger partial charge is 0.341 e. The molecule has 1 aliphatic heterocycles. The maximum atomic E-state index is 12.8. The minimum Gasteiger partial charge on any atom is -0.341 e. The summed E-state index contributed by atoms with van der Waals surface area (Å²) in [7, 11) is -3.60. The zero-order valence-electron chi connectivity index (χ0n) is 14.0. The Hall–Kier alpha value is -1.93. The number of sulfonamides is 1. The summed E-state index contributed by atoms with van der Waals surface area (Å²) in [5.74, 6) is -0.160. The number of anilines is 1. The van der Waals surface area contributed by atoms with Crippen LogP contribution in [0.2, 0.25) is 0 Å².